The molecule has 0 aromatic heterocycles. The van der Waals surface area contributed by atoms with E-state index in [0.29, 0.717) is 19.6 Å². The zero-order valence-corrected chi connectivity index (χ0v) is 15.4. The van der Waals surface area contributed by atoms with Gasteiger partial charge in [-0.2, -0.15) is 0 Å². The molecule has 25 heavy (non-hydrogen) atoms. The minimum absolute atomic E-state index is 0.000271. The zero-order chi connectivity index (χ0) is 17.6. The molecule has 0 bridgehead atoms. The minimum atomic E-state index is -0.000271. The van der Waals surface area contributed by atoms with Gasteiger partial charge in [-0.3, -0.25) is 0 Å². The molecule has 0 unspecified atom stereocenters. The van der Waals surface area contributed by atoms with Crippen LogP contribution in [0, 0.1) is 0 Å². The Balaban J connectivity index is 1.43. The van der Waals surface area contributed by atoms with Crippen LogP contribution >= 0.6 is 23.2 Å². The van der Waals surface area contributed by atoms with Crippen LogP contribution in [0.5, 0.6) is 0 Å². The number of halogens is 2. The molecule has 1 N–H and O–H groups in total. The summed E-state index contributed by atoms with van der Waals surface area (Å²) in [4.78, 5) is 16.4. The van der Waals surface area contributed by atoms with Crippen LogP contribution in [0.4, 0.5) is 10.5 Å². The fraction of sp³-hybridized carbons (Fsp3) is 0.316. The number of carbonyl (C=O) groups is 1. The van der Waals surface area contributed by atoms with Gasteiger partial charge in [-0.25, -0.2) is 4.79 Å². The molecule has 1 aliphatic heterocycles. The minimum Gasteiger partial charge on any atom is -0.368 e. The van der Waals surface area contributed by atoms with Gasteiger partial charge in [-0.05, 0) is 42.3 Å². The number of hydrogen-bond acceptors (Lipinski definition) is 2. The van der Waals surface area contributed by atoms with Crippen molar-refractivity contribution in [2.45, 2.75) is 6.42 Å². The van der Waals surface area contributed by atoms with E-state index in [9.17, 15) is 4.79 Å². The number of rotatable bonds is 4. The summed E-state index contributed by atoms with van der Waals surface area (Å²) in [5.74, 6) is 0. The van der Waals surface area contributed by atoms with Crippen molar-refractivity contribution in [3.63, 3.8) is 0 Å². The lowest BCUT2D eigenvalue weighted by atomic mass is 10.1. The SMILES string of the molecule is O=C(NCCc1ccc(Cl)cc1)N1CCN(c2cccc(Cl)c2)CC1. The van der Waals surface area contributed by atoms with E-state index in [0.717, 1.165) is 40.8 Å². The number of urea groups is 1. The first-order valence-corrected chi connectivity index (χ1v) is 9.15. The number of hydrogen-bond donors (Lipinski definition) is 1. The van der Waals surface area contributed by atoms with E-state index in [-0.39, 0.29) is 6.03 Å². The highest BCUT2D eigenvalue weighted by molar-refractivity contribution is 6.31. The predicted octanol–water partition coefficient (Wildman–Crippen LogP) is 4.07. The van der Waals surface area contributed by atoms with Gasteiger partial charge >= 0.3 is 6.03 Å². The Morgan fingerprint density at radius 2 is 1.68 bits per heavy atom. The standard InChI is InChI=1S/C19H21Cl2N3O/c20-16-6-4-15(5-7-16)8-9-22-19(25)24-12-10-23(11-13-24)18-3-1-2-17(21)14-18/h1-7,14H,8-13H2,(H,22,25). The van der Waals surface area contributed by atoms with Gasteiger partial charge < -0.3 is 15.1 Å². The molecule has 2 amide bonds. The third-order valence-electron chi connectivity index (χ3n) is 4.34. The Labute approximate surface area is 158 Å². The Morgan fingerprint density at radius 3 is 2.36 bits per heavy atom. The maximum Gasteiger partial charge on any atom is 0.317 e. The third kappa shape index (κ3) is 5.03. The first kappa shape index (κ1) is 17.9. The molecule has 1 fully saturated rings. The molecular weight excluding hydrogens is 357 g/mol. The Kier molecular flexibility index (Phi) is 6.05. The molecule has 0 atom stereocenters. The number of benzene rings is 2. The molecule has 0 radical (unpaired) electrons. The average Bonchev–Trinajstić information content (AvgIpc) is 2.63. The maximum absolute atomic E-state index is 12.3. The van der Waals surface area contributed by atoms with Crippen LogP contribution in [0.15, 0.2) is 48.5 Å². The third-order valence-corrected chi connectivity index (χ3v) is 4.83. The second kappa shape index (κ2) is 8.45. The number of piperazine rings is 1. The highest BCUT2D eigenvalue weighted by atomic mass is 35.5. The first-order valence-electron chi connectivity index (χ1n) is 8.39. The number of anilines is 1. The van der Waals surface area contributed by atoms with Crippen molar-refractivity contribution in [1.29, 1.82) is 0 Å². The van der Waals surface area contributed by atoms with E-state index in [1.807, 2.05) is 53.4 Å². The Morgan fingerprint density at radius 1 is 0.960 bits per heavy atom. The van der Waals surface area contributed by atoms with Crippen molar-refractivity contribution in [3.8, 4) is 0 Å². The van der Waals surface area contributed by atoms with Crippen LogP contribution in [0.3, 0.4) is 0 Å². The monoisotopic (exact) mass is 377 g/mol. The molecule has 4 nitrogen and oxygen atoms in total. The predicted molar refractivity (Wildman–Crippen MR) is 104 cm³/mol. The van der Waals surface area contributed by atoms with Crippen LogP contribution < -0.4 is 10.2 Å². The van der Waals surface area contributed by atoms with Gasteiger partial charge in [0.15, 0.2) is 0 Å². The summed E-state index contributed by atoms with van der Waals surface area (Å²) in [7, 11) is 0. The summed E-state index contributed by atoms with van der Waals surface area (Å²) in [6.45, 7) is 3.66. The van der Waals surface area contributed by atoms with Crippen molar-refractivity contribution in [1.82, 2.24) is 10.2 Å². The van der Waals surface area contributed by atoms with E-state index in [4.69, 9.17) is 23.2 Å². The molecule has 2 aromatic rings. The second-order valence-electron chi connectivity index (χ2n) is 6.06. The van der Waals surface area contributed by atoms with Crippen LogP contribution in [-0.2, 0) is 6.42 Å². The molecule has 6 heteroatoms. The lowest BCUT2D eigenvalue weighted by Gasteiger charge is -2.36. The van der Waals surface area contributed by atoms with Crippen LogP contribution in [0.1, 0.15) is 5.56 Å². The van der Waals surface area contributed by atoms with Crippen molar-refractivity contribution in [2.24, 2.45) is 0 Å². The lowest BCUT2D eigenvalue weighted by Crippen LogP contribution is -2.52. The smallest absolute Gasteiger partial charge is 0.317 e. The maximum atomic E-state index is 12.3. The highest BCUT2D eigenvalue weighted by Gasteiger charge is 2.21. The summed E-state index contributed by atoms with van der Waals surface area (Å²) < 4.78 is 0. The van der Waals surface area contributed by atoms with Gasteiger partial charge in [0, 0.05) is 48.5 Å². The lowest BCUT2D eigenvalue weighted by molar-refractivity contribution is 0.194. The number of nitrogens with zero attached hydrogens (tertiary/aromatic N) is 2. The van der Waals surface area contributed by atoms with Crippen molar-refractivity contribution < 1.29 is 4.79 Å². The number of amides is 2. The fourth-order valence-electron chi connectivity index (χ4n) is 2.92. The van der Waals surface area contributed by atoms with Crippen LogP contribution in [0.25, 0.3) is 0 Å². The molecule has 2 aromatic carbocycles. The average molecular weight is 378 g/mol. The number of carbonyl (C=O) groups excluding carboxylic acids is 1. The molecule has 0 aliphatic carbocycles. The van der Waals surface area contributed by atoms with Crippen molar-refractivity contribution in [3.05, 3.63) is 64.1 Å². The van der Waals surface area contributed by atoms with Gasteiger partial charge in [0.05, 0.1) is 0 Å². The van der Waals surface area contributed by atoms with Gasteiger partial charge in [-0.15, -0.1) is 0 Å². The molecule has 132 valence electrons. The van der Waals surface area contributed by atoms with E-state index < -0.39 is 0 Å². The van der Waals surface area contributed by atoms with E-state index in [2.05, 4.69) is 10.2 Å². The van der Waals surface area contributed by atoms with E-state index >= 15 is 0 Å². The highest BCUT2D eigenvalue weighted by Crippen LogP contribution is 2.20. The quantitative estimate of drug-likeness (QED) is 0.871. The van der Waals surface area contributed by atoms with Gasteiger partial charge in [0.1, 0.15) is 0 Å². The molecule has 0 spiro atoms. The second-order valence-corrected chi connectivity index (χ2v) is 6.94. The van der Waals surface area contributed by atoms with Gasteiger partial charge in [-0.1, -0.05) is 41.4 Å². The fourth-order valence-corrected chi connectivity index (χ4v) is 3.23. The summed E-state index contributed by atoms with van der Waals surface area (Å²) >= 11 is 11.9. The summed E-state index contributed by atoms with van der Waals surface area (Å²) in [5, 5.41) is 4.46. The van der Waals surface area contributed by atoms with Crippen molar-refractivity contribution >= 4 is 34.9 Å². The molecule has 1 aliphatic rings. The number of nitrogens with one attached hydrogen (secondary N) is 1. The van der Waals surface area contributed by atoms with Gasteiger partial charge in [0.25, 0.3) is 0 Å². The zero-order valence-electron chi connectivity index (χ0n) is 13.9. The van der Waals surface area contributed by atoms with E-state index in [1.165, 1.54) is 0 Å². The van der Waals surface area contributed by atoms with Crippen LogP contribution in [0.2, 0.25) is 10.0 Å². The summed E-state index contributed by atoms with van der Waals surface area (Å²) in [5.41, 5.74) is 2.27. The summed E-state index contributed by atoms with van der Waals surface area (Å²) in [6, 6.07) is 15.5. The molecule has 3 rings (SSSR count). The first-order chi connectivity index (χ1) is 12.1. The Bertz CT molecular complexity index is 713. The largest absolute Gasteiger partial charge is 0.368 e. The normalized spacial score (nSPS) is 14.5. The van der Waals surface area contributed by atoms with Crippen molar-refractivity contribution in [2.75, 3.05) is 37.6 Å². The molecular formula is C19H21Cl2N3O. The van der Waals surface area contributed by atoms with Crippen LogP contribution in [-0.4, -0.2) is 43.7 Å². The molecule has 1 saturated heterocycles. The molecule has 0 saturated carbocycles. The van der Waals surface area contributed by atoms with E-state index in [1.54, 1.807) is 0 Å². The van der Waals surface area contributed by atoms with Gasteiger partial charge in [0.2, 0.25) is 0 Å². The summed E-state index contributed by atoms with van der Waals surface area (Å²) in [6.07, 6.45) is 0.797. The Hall–Kier alpha value is -1.91. The topological polar surface area (TPSA) is 35.6 Å². The molecule has 1 heterocycles.